The van der Waals surface area contributed by atoms with Gasteiger partial charge in [0.05, 0.1) is 18.1 Å². The summed E-state index contributed by atoms with van der Waals surface area (Å²) >= 11 is 0.309. The summed E-state index contributed by atoms with van der Waals surface area (Å²) in [6, 6.07) is 18.2. The van der Waals surface area contributed by atoms with Crippen molar-refractivity contribution in [2.75, 3.05) is 19.5 Å². The maximum Gasteiger partial charge on any atom is 0.289 e. The molecule has 1 saturated heterocycles. The van der Waals surface area contributed by atoms with Crippen molar-refractivity contribution in [3.63, 3.8) is 0 Å². The van der Waals surface area contributed by atoms with Gasteiger partial charge in [-0.25, -0.2) is 12.8 Å². The number of hydrogen-bond acceptors (Lipinski definition) is 8. The van der Waals surface area contributed by atoms with E-state index >= 15 is 0 Å². The number of nitrogens with one attached hydrogen (secondary N) is 1. The van der Waals surface area contributed by atoms with Crippen LogP contribution in [-0.4, -0.2) is 39.0 Å². The minimum Gasteiger partial charge on any atom is -0.494 e. The molecule has 3 aromatic carbocycles. The van der Waals surface area contributed by atoms with Crippen LogP contribution in [0.15, 0.2) is 71.6 Å². The third kappa shape index (κ3) is 7.33. The van der Waals surface area contributed by atoms with Crippen LogP contribution in [0.1, 0.15) is 37.3 Å². The fourth-order valence-corrected chi connectivity index (χ4v) is 5.47. The first-order chi connectivity index (χ1) is 19.1. The summed E-state index contributed by atoms with van der Waals surface area (Å²) in [5.41, 5.74) is 0.892. The summed E-state index contributed by atoms with van der Waals surface area (Å²) < 4.78 is 56.3. The maximum absolute atomic E-state index is 15.0. The number of hydrogen-bond donors (Lipinski definition) is 1. The summed E-state index contributed by atoms with van der Waals surface area (Å²) in [5, 5.41) is -1.21. The second-order valence-electron chi connectivity index (χ2n) is 9.24. The van der Waals surface area contributed by atoms with Gasteiger partial charge in [-0.2, -0.15) is 0 Å². The van der Waals surface area contributed by atoms with Crippen LogP contribution in [0.4, 0.5) is 9.18 Å². The van der Waals surface area contributed by atoms with Gasteiger partial charge >= 0.3 is 0 Å². The van der Waals surface area contributed by atoms with E-state index in [1.54, 1.807) is 54.6 Å². The predicted molar refractivity (Wildman–Crippen MR) is 151 cm³/mol. The molecule has 4 rings (SSSR count). The standard InChI is InChI=1S/C29H30FNO7S2/c1-3-7-20-18-25(40(2,34)35)14-15-26(20)38-23-12-10-22(11-13-23)36-16-4-5-17-37-24-9-6-8-21(19-24)29(30)27(32)31-28(33)39-29/h6,8-15,18-19H,3-5,7,16-17H2,1-2H3,(H,31,32,33). The number of imide groups is 1. The van der Waals surface area contributed by atoms with Crippen molar-refractivity contribution < 1.29 is 36.6 Å². The highest BCUT2D eigenvalue weighted by Crippen LogP contribution is 2.43. The number of carbonyl (C=O) groups is 2. The number of thioether (sulfide) groups is 1. The lowest BCUT2D eigenvalue weighted by Gasteiger charge is -2.16. The van der Waals surface area contributed by atoms with Gasteiger partial charge in [-0.15, -0.1) is 0 Å². The number of ether oxygens (including phenoxy) is 3. The Morgan fingerprint density at radius 3 is 2.20 bits per heavy atom. The lowest BCUT2D eigenvalue weighted by molar-refractivity contribution is -0.126. The van der Waals surface area contributed by atoms with Crippen LogP contribution < -0.4 is 19.5 Å². The monoisotopic (exact) mass is 587 g/mol. The van der Waals surface area contributed by atoms with Gasteiger partial charge in [0.15, 0.2) is 9.84 Å². The zero-order valence-corrected chi connectivity index (χ0v) is 23.8. The Morgan fingerprint density at radius 1 is 0.900 bits per heavy atom. The lowest BCUT2D eigenvalue weighted by Crippen LogP contribution is -2.30. The molecule has 1 aliphatic heterocycles. The third-order valence-corrected chi connectivity index (χ3v) is 8.15. The van der Waals surface area contributed by atoms with Crippen molar-refractivity contribution >= 4 is 32.7 Å². The molecule has 2 amide bonds. The smallest absolute Gasteiger partial charge is 0.289 e. The van der Waals surface area contributed by atoms with E-state index in [9.17, 15) is 22.4 Å². The van der Waals surface area contributed by atoms with Crippen LogP contribution in [0.5, 0.6) is 23.0 Å². The zero-order valence-electron chi connectivity index (χ0n) is 22.1. The molecule has 0 saturated carbocycles. The van der Waals surface area contributed by atoms with Gasteiger partial charge in [-0.1, -0.05) is 25.5 Å². The van der Waals surface area contributed by atoms with Gasteiger partial charge in [0.2, 0.25) is 0 Å². The van der Waals surface area contributed by atoms with Gasteiger partial charge in [0.1, 0.15) is 23.0 Å². The topological polar surface area (TPSA) is 108 Å². The van der Waals surface area contributed by atoms with E-state index in [0.29, 0.717) is 67.2 Å². The van der Waals surface area contributed by atoms with E-state index in [1.807, 2.05) is 12.2 Å². The van der Waals surface area contributed by atoms with Crippen molar-refractivity contribution in [2.45, 2.75) is 42.5 Å². The van der Waals surface area contributed by atoms with E-state index in [2.05, 4.69) is 0 Å². The van der Waals surface area contributed by atoms with Crippen molar-refractivity contribution in [2.24, 2.45) is 0 Å². The van der Waals surface area contributed by atoms with Gasteiger partial charge in [0.25, 0.3) is 16.1 Å². The van der Waals surface area contributed by atoms with Crippen LogP contribution in [-0.2, 0) is 26.1 Å². The Hall–Kier alpha value is -3.57. The second-order valence-corrected chi connectivity index (χ2v) is 12.4. The summed E-state index contributed by atoms with van der Waals surface area (Å²) in [6.45, 7) is 2.86. The second kappa shape index (κ2) is 12.7. The summed E-state index contributed by atoms with van der Waals surface area (Å²) in [5.74, 6) is 1.33. The first-order valence-electron chi connectivity index (χ1n) is 12.8. The Morgan fingerprint density at radius 2 is 1.57 bits per heavy atom. The Labute approximate surface area is 237 Å². The third-order valence-electron chi connectivity index (χ3n) is 6.05. The molecule has 1 atom stereocenters. The molecule has 1 unspecified atom stereocenters. The molecule has 3 aromatic rings. The molecule has 0 aliphatic carbocycles. The van der Waals surface area contributed by atoms with Gasteiger partial charge in [0, 0.05) is 11.8 Å². The maximum atomic E-state index is 15.0. The molecule has 11 heteroatoms. The quantitative estimate of drug-likeness (QED) is 0.236. The van der Waals surface area contributed by atoms with Crippen molar-refractivity contribution in [1.29, 1.82) is 0 Å². The largest absolute Gasteiger partial charge is 0.494 e. The fourth-order valence-electron chi connectivity index (χ4n) is 4.01. The molecule has 0 radical (unpaired) electrons. The number of unbranched alkanes of at least 4 members (excludes halogenated alkanes) is 1. The number of aryl methyl sites for hydroxylation is 1. The summed E-state index contributed by atoms with van der Waals surface area (Å²) in [7, 11) is -3.30. The number of sulfone groups is 1. The average Bonchev–Trinajstić information content (AvgIpc) is 3.19. The molecule has 0 spiro atoms. The molecule has 1 heterocycles. The number of halogens is 1. The Balaban J connectivity index is 1.22. The molecule has 8 nitrogen and oxygen atoms in total. The molecule has 1 fully saturated rings. The van der Waals surface area contributed by atoms with Crippen LogP contribution in [0.25, 0.3) is 0 Å². The number of rotatable bonds is 13. The van der Waals surface area contributed by atoms with Crippen molar-refractivity contribution in [1.82, 2.24) is 5.32 Å². The number of alkyl halides is 1. The van der Waals surface area contributed by atoms with Gasteiger partial charge in [-0.3, -0.25) is 14.9 Å². The highest BCUT2D eigenvalue weighted by atomic mass is 32.2. The summed E-state index contributed by atoms with van der Waals surface area (Å²) in [6.07, 6.45) is 4.14. The summed E-state index contributed by atoms with van der Waals surface area (Å²) in [4.78, 5) is 23.5. The molecule has 40 heavy (non-hydrogen) atoms. The predicted octanol–water partition coefficient (Wildman–Crippen LogP) is 6.18. The minimum atomic E-state index is -3.30. The lowest BCUT2D eigenvalue weighted by atomic mass is 10.1. The fraction of sp³-hybridized carbons (Fsp3) is 0.310. The molecule has 1 aliphatic rings. The molecular formula is C29H30FNO7S2. The molecule has 1 N–H and O–H groups in total. The molecule has 0 bridgehead atoms. The Kier molecular flexibility index (Phi) is 9.36. The van der Waals surface area contributed by atoms with Crippen molar-refractivity contribution in [3.8, 4) is 23.0 Å². The van der Waals surface area contributed by atoms with E-state index in [1.165, 1.54) is 18.4 Å². The van der Waals surface area contributed by atoms with Crippen LogP contribution in [0.3, 0.4) is 0 Å². The number of amides is 2. The number of carbonyl (C=O) groups excluding carboxylic acids is 2. The normalized spacial score (nSPS) is 17.0. The highest BCUT2D eigenvalue weighted by molar-refractivity contribution is 8.15. The van der Waals surface area contributed by atoms with E-state index < -0.39 is 26.0 Å². The van der Waals surface area contributed by atoms with E-state index in [4.69, 9.17) is 14.2 Å². The minimum absolute atomic E-state index is 0.0571. The van der Waals surface area contributed by atoms with Crippen LogP contribution in [0, 0.1) is 0 Å². The zero-order chi connectivity index (χ0) is 28.8. The van der Waals surface area contributed by atoms with E-state index in [-0.39, 0.29) is 10.5 Å². The first kappa shape index (κ1) is 29.4. The molecular weight excluding hydrogens is 557 g/mol. The Bertz CT molecular complexity index is 1480. The highest BCUT2D eigenvalue weighted by Gasteiger charge is 2.50. The first-order valence-corrected chi connectivity index (χ1v) is 15.5. The van der Waals surface area contributed by atoms with E-state index in [0.717, 1.165) is 12.0 Å². The SMILES string of the molecule is CCCc1cc(S(C)(=O)=O)ccc1Oc1ccc(OCCCCOc2cccc(C3(F)SC(=O)NC3=O)c2)cc1. The van der Waals surface area contributed by atoms with Gasteiger partial charge in [-0.05, 0) is 91.2 Å². The average molecular weight is 588 g/mol. The van der Waals surface area contributed by atoms with Crippen LogP contribution in [0.2, 0.25) is 0 Å². The molecule has 212 valence electrons. The molecule has 0 aromatic heterocycles. The van der Waals surface area contributed by atoms with Crippen molar-refractivity contribution in [3.05, 3.63) is 77.9 Å². The van der Waals surface area contributed by atoms with Crippen LogP contribution >= 0.6 is 11.8 Å². The van der Waals surface area contributed by atoms with Gasteiger partial charge < -0.3 is 14.2 Å². The number of benzene rings is 3.